The lowest BCUT2D eigenvalue weighted by Crippen LogP contribution is -2.11. The molecule has 18 heavy (non-hydrogen) atoms. The van der Waals surface area contributed by atoms with Gasteiger partial charge in [-0.15, -0.1) is 0 Å². The molecule has 1 heterocycles. The number of nitrogens with two attached hydrogens (primary N) is 1. The maximum absolute atomic E-state index is 12.6. The number of alkyl halides is 3. The first-order chi connectivity index (χ1) is 8.38. The van der Waals surface area contributed by atoms with E-state index in [0.29, 0.717) is 10.0 Å². The number of rotatable bonds is 1. The first-order valence-corrected chi connectivity index (χ1v) is 5.64. The first kappa shape index (κ1) is 12.8. The molecule has 0 aliphatic heterocycles. The Morgan fingerprint density at radius 1 is 1.11 bits per heavy atom. The lowest BCUT2D eigenvalue weighted by molar-refractivity contribution is -0.141. The van der Waals surface area contributed by atoms with Crippen LogP contribution in [0.3, 0.4) is 0 Å². The van der Waals surface area contributed by atoms with Crippen LogP contribution >= 0.6 is 15.9 Å². The zero-order valence-corrected chi connectivity index (χ0v) is 10.5. The molecule has 1 aromatic heterocycles. The minimum absolute atomic E-state index is 0.127. The number of hydrogen-bond donors (Lipinski definition) is 1. The molecule has 94 valence electrons. The van der Waals surface area contributed by atoms with E-state index in [2.05, 4.69) is 25.9 Å². The summed E-state index contributed by atoms with van der Waals surface area (Å²) in [7, 11) is 0. The molecule has 2 N–H and O–H groups in total. The molecule has 1 aromatic carbocycles. The van der Waals surface area contributed by atoms with E-state index in [1.54, 1.807) is 24.3 Å². The van der Waals surface area contributed by atoms with Crippen LogP contribution in [0, 0.1) is 0 Å². The van der Waals surface area contributed by atoms with Crippen LogP contribution in [0.1, 0.15) is 5.69 Å². The van der Waals surface area contributed by atoms with Gasteiger partial charge in [-0.2, -0.15) is 13.2 Å². The fourth-order valence-corrected chi connectivity index (χ4v) is 1.91. The molecule has 0 spiro atoms. The average Bonchev–Trinajstić information content (AvgIpc) is 2.27. The maximum atomic E-state index is 12.6. The molecule has 0 fully saturated rings. The smallest absolute Gasteiger partial charge is 0.368 e. The zero-order valence-electron chi connectivity index (χ0n) is 8.87. The fraction of sp³-hybridized carbons (Fsp3) is 0.0909. The predicted octanol–water partition coefficient (Wildman–Crippen LogP) is 3.51. The van der Waals surface area contributed by atoms with Crippen LogP contribution in [0.4, 0.5) is 19.1 Å². The van der Waals surface area contributed by atoms with E-state index in [1.165, 1.54) is 0 Å². The van der Waals surface area contributed by atoms with Crippen molar-refractivity contribution >= 4 is 21.9 Å². The highest BCUT2D eigenvalue weighted by Gasteiger charge is 2.33. The van der Waals surface area contributed by atoms with Crippen LogP contribution in [0.15, 0.2) is 34.8 Å². The number of aromatic nitrogens is 2. The number of halogens is 4. The molecule has 2 rings (SSSR count). The van der Waals surface area contributed by atoms with Crippen molar-refractivity contribution in [3.8, 4) is 11.3 Å². The first-order valence-electron chi connectivity index (χ1n) is 4.84. The quantitative estimate of drug-likeness (QED) is 0.875. The third-order valence-corrected chi connectivity index (χ3v) is 2.88. The summed E-state index contributed by atoms with van der Waals surface area (Å²) in [6.45, 7) is 0. The Kier molecular flexibility index (Phi) is 3.25. The predicted molar refractivity (Wildman–Crippen MR) is 64.6 cm³/mol. The summed E-state index contributed by atoms with van der Waals surface area (Å²) < 4.78 is 38.5. The summed E-state index contributed by atoms with van der Waals surface area (Å²) in [6.07, 6.45) is -4.55. The average molecular weight is 318 g/mol. The summed E-state index contributed by atoms with van der Waals surface area (Å²) in [5.74, 6) is -0.407. The molecule has 0 aliphatic rings. The second-order valence-electron chi connectivity index (χ2n) is 3.47. The minimum atomic E-state index is -4.55. The Bertz CT molecular complexity index is 584. The Hall–Kier alpha value is -1.63. The summed E-state index contributed by atoms with van der Waals surface area (Å²) in [4.78, 5) is 7.00. The van der Waals surface area contributed by atoms with Crippen molar-refractivity contribution in [2.75, 3.05) is 5.73 Å². The Morgan fingerprint density at radius 3 is 2.39 bits per heavy atom. The molecule has 0 atom stereocenters. The van der Waals surface area contributed by atoms with E-state index in [1.807, 2.05) is 0 Å². The molecule has 0 bridgehead atoms. The van der Waals surface area contributed by atoms with E-state index in [0.717, 1.165) is 6.07 Å². The largest absolute Gasteiger partial charge is 0.433 e. The second-order valence-corrected chi connectivity index (χ2v) is 4.33. The van der Waals surface area contributed by atoms with E-state index >= 15 is 0 Å². The summed E-state index contributed by atoms with van der Waals surface area (Å²) in [6, 6.07) is 7.68. The van der Waals surface area contributed by atoms with Gasteiger partial charge < -0.3 is 5.73 Å². The van der Waals surface area contributed by atoms with Crippen LogP contribution in [-0.2, 0) is 6.18 Å². The van der Waals surface area contributed by atoms with Gasteiger partial charge >= 0.3 is 6.18 Å². The lowest BCUT2D eigenvalue weighted by Gasteiger charge is -2.09. The van der Waals surface area contributed by atoms with Crippen molar-refractivity contribution < 1.29 is 13.2 Å². The number of benzene rings is 1. The van der Waals surface area contributed by atoms with Crippen LogP contribution < -0.4 is 5.73 Å². The van der Waals surface area contributed by atoms with Gasteiger partial charge in [-0.3, -0.25) is 0 Å². The van der Waals surface area contributed by atoms with Crippen LogP contribution in [0.25, 0.3) is 11.3 Å². The van der Waals surface area contributed by atoms with Gasteiger partial charge in [0.1, 0.15) is 0 Å². The molecule has 3 nitrogen and oxygen atoms in total. The zero-order chi connectivity index (χ0) is 13.3. The highest BCUT2D eigenvalue weighted by Crippen LogP contribution is 2.32. The van der Waals surface area contributed by atoms with Crippen molar-refractivity contribution in [1.29, 1.82) is 0 Å². The van der Waals surface area contributed by atoms with Gasteiger partial charge in [0.25, 0.3) is 0 Å². The van der Waals surface area contributed by atoms with Crippen molar-refractivity contribution in [2.45, 2.75) is 6.18 Å². The van der Waals surface area contributed by atoms with E-state index in [4.69, 9.17) is 5.73 Å². The van der Waals surface area contributed by atoms with Gasteiger partial charge in [0.2, 0.25) is 5.95 Å². The van der Waals surface area contributed by atoms with Gasteiger partial charge in [0, 0.05) is 10.0 Å². The summed E-state index contributed by atoms with van der Waals surface area (Å²) in [5, 5.41) is 0. The Balaban J connectivity index is 2.60. The molecule has 0 amide bonds. The van der Waals surface area contributed by atoms with Gasteiger partial charge in [0.05, 0.1) is 5.69 Å². The van der Waals surface area contributed by atoms with Crippen LogP contribution in [0.2, 0.25) is 0 Å². The number of nitrogen functional groups attached to an aromatic ring is 1. The van der Waals surface area contributed by atoms with E-state index < -0.39 is 17.8 Å². The molecule has 0 aliphatic carbocycles. The summed E-state index contributed by atoms with van der Waals surface area (Å²) in [5.41, 5.74) is 4.90. The minimum Gasteiger partial charge on any atom is -0.368 e. The number of hydrogen-bond acceptors (Lipinski definition) is 3. The Labute approximate surface area is 109 Å². The highest BCUT2D eigenvalue weighted by atomic mass is 79.9. The van der Waals surface area contributed by atoms with Crippen molar-refractivity contribution in [3.63, 3.8) is 0 Å². The molecule has 0 unspecified atom stereocenters. The normalized spacial score (nSPS) is 11.6. The molecule has 7 heteroatoms. The van der Waals surface area contributed by atoms with Gasteiger partial charge in [0.15, 0.2) is 5.69 Å². The monoisotopic (exact) mass is 317 g/mol. The molecule has 0 radical (unpaired) electrons. The standard InChI is InChI=1S/C11H7BrF3N3/c12-7-4-2-1-3-6(7)8-5-9(11(13,14)15)18-10(16)17-8/h1-5H,(H2,16,17,18). The van der Waals surface area contributed by atoms with E-state index in [-0.39, 0.29) is 5.69 Å². The third-order valence-electron chi connectivity index (χ3n) is 2.18. The summed E-state index contributed by atoms with van der Waals surface area (Å²) >= 11 is 3.25. The molecule has 0 saturated carbocycles. The number of nitrogens with zero attached hydrogens (tertiary/aromatic N) is 2. The second kappa shape index (κ2) is 4.56. The SMILES string of the molecule is Nc1nc(-c2ccccc2Br)cc(C(F)(F)F)n1. The van der Waals surface area contributed by atoms with Gasteiger partial charge in [-0.25, -0.2) is 9.97 Å². The molecular weight excluding hydrogens is 311 g/mol. The molecule has 0 saturated heterocycles. The van der Waals surface area contributed by atoms with Gasteiger partial charge in [-0.1, -0.05) is 34.1 Å². The lowest BCUT2D eigenvalue weighted by atomic mass is 10.1. The van der Waals surface area contributed by atoms with Crippen LogP contribution in [-0.4, -0.2) is 9.97 Å². The third kappa shape index (κ3) is 2.61. The highest BCUT2D eigenvalue weighted by molar-refractivity contribution is 9.10. The van der Waals surface area contributed by atoms with Crippen molar-refractivity contribution in [3.05, 3.63) is 40.5 Å². The Morgan fingerprint density at radius 2 is 1.78 bits per heavy atom. The van der Waals surface area contributed by atoms with Crippen molar-refractivity contribution in [1.82, 2.24) is 9.97 Å². The maximum Gasteiger partial charge on any atom is 0.433 e. The van der Waals surface area contributed by atoms with Gasteiger partial charge in [-0.05, 0) is 12.1 Å². The topological polar surface area (TPSA) is 51.8 Å². The molecule has 2 aromatic rings. The molecular formula is C11H7BrF3N3. The van der Waals surface area contributed by atoms with Crippen molar-refractivity contribution in [2.24, 2.45) is 0 Å². The fourth-order valence-electron chi connectivity index (χ4n) is 1.42. The number of anilines is 1. The van der Waals surface area contributed by atoms with E-state index in [9.17, 15) is 13.2 Å². The van der Waals surface area contributed by atoms with Crippen LogP contribution in [0.5, 0.6) is 0 Å².